The number of rotatable bonds is 7. The maximum atomic E-state index is 12.8. The molecule has 0 spiro atoms. The lowest BCUT2D eigenvalue weighted by molar-refractivity contribution is -0.119. The van der Waals surface area contributed by atoms with Gasteiger partial charge in [-0.15, -0.1) is 0 Å². The Morgan fingerprint density at radius 3 is 2.45 bits per heavy atom. The molecule has 0 aliphatic heterocycles. The van der Waals surface area contributed by atoms with Gasteiger partial charge in [0.1, 0.15) is 17.4 Å². The number of nitrogens with zero attached hydrogens (tertiary/aromatic N) is 3. The van der Waals surface area contributed by atoms with Crippen molar-refractivity contribution in [2.45, 2.75) is 36.8 Å². The van der Waals surface area contributed by atoms with E-state index in [0.29, 0.717) is 6.42 Å². The predicted molar refractivity (Wildman–Crippen MR) is 127 cm³/mol. The Morgan fingerprint density at radius 1 is 0.939 bits per heavy atom. The summed E-state index contributed by atoms with van der Waals surface area (Å²) in [7, 11) is -3.52. The van der Waals surface area contributed by atoms with E-state index in [0.717, 1.165) is 28.3 Å². The number of ketones is 1. The van der Waals surface area contributed by atoms with Crippen LogP contribution in [0.25, 0.3) is 10.8 Å². The van der Waals surface area contributed by atoms with Gasteiger partial charge >= 0.3 is 0 Å². The largest absolute Gasteiger partial charge is 0.299 e. The monoisotopic (exact) mass is 459 g/mol. The molecular weight excluding hydrogens is 434 g/mol. The van der Waals surface area contributed by atoms with Gasteiger partial charge in [0.2, 0.25) is 0 Å². The van der Waals surface area contributed by atoms with Crippen LogP contribution in [0.2, 0.25) is 0 Å². The van der Waals surface area contributed by atoms with Crippen molar-refractivity contribution in [2.24, 2.45) is 5.92 Å². The second-order valence-corrected chi connectivity index (χ2v) is 10.1. The van der Waals surface area contributed by atoms with Crippen molar-refractivity contribution >= 4 is 26.4 Å². The van der Waals surface area contributed by atoms with Gasteiger partial charge < -0.3 is 0 Å². The van der Waals surface area contributed by atoms with Crippen molar-refractivity contribution in [3.63, 3.8) is 0 Å². The quantitative estimate of drug-likeness (QED) is 0.403. The SMILES string of the molecule is C.O=C(Cc1ccc2cnccc2c1)[C@@H]1CC1c1ccc(S(=O)(=O)Cc2ncccn2)cc1. The first-order valence-corrected chi connectivity index (χ1v) is 12.1. The number of carbonyl (C=O) groups excluding carboxylic acids is 1. The number of Topliss-reactive ketones (excluding diaryl/α,β-unsaturated/α-hetero) is 1. The molecule has 0 radical (unpaired) electrons. The zero-order chi connectivity index (χ0) is 22.1. The highest BCUT2D eigenvalue weighted by Gasteiger charge is 2.43. The molecule has 2 aromatic heterocycles. The minimum absolute atomic E-state index is 0. The van der Waals surface area contributed by atoms with Crippen molar-refractivity contribution in [3.05, 3.63) is 96.3 Å². The first-order valence-electron chi connectivity index (χ1n) is 10.4. The van der Waals surface area contributed by atoms with Crippen molar-refractivity contribution in [1.29, 1.82) is 0 Å². The minimum Gasteiger partial charge on any atom is -0.299 e. The Morgan fingerprint density at radius 2 is 1.70 bits per heavy atom. The standard InChI is InChI=1S/C25H21N3O3S.CH4/c29-24(13-17-2-3-20-15-26-11-8-19(20)12-17)23-14-22(23)18-4-6-21(7-5-18)32(30,31)16-25-27-9-1-10-28-25;/h1-12,15,22-23H,13-14,16H2;1H4/t22?,23-;/m1./s1. The van der Waals surface area contributed by atoms with Crippen molar-refractivity contribution < 1.29 is 13.2 Å². The fourth-order valence-electron chi connectivity index (χ4n) is 4.07. The van der Waals surface area contributed by atoms with Crippen molar-refractivity contribution in [1.82, 2.24) is 15.0 Å². The second kappa shape index (κ2) is 9.19. The van der Waals surface area contributed by atoms with Crippen LogP contribution in [0.15, 0.2) is 84.3 Å². The molecule has 1 unspecified atom stereocenters. The molecule has 1 fully saturated rings. The van der Waals surface area contributed by atoms with Crippen LogP contribution in [0.4, 0.5) is 0 Å². The number of hydrogen-bond donors (Lipinski definition) is 0. The van der Waals surface area contributed by atoms with E-state index in [2.05, 4.69) is 15.0 Å². The van der Waals surface area contributed by atoms with E-state index in [1.54, 1.807) is 24.4 Å². The van der Waals surface area contributed by atoms with E-state index in [1.165, 1.54) is 12.4 Å². The van der Waals surface area contributed by atoms with Gasteiger partial charge in [-0.25, -0.2) is 18.4 Å². The zero-order valence-corrected chi connectivity index (χ0v) is 18.1. The number of aromatic nitrogens is 3. The smallest absolute Gasteiger partial charge is 0.185 e. The Hall–Kier alpha value is -3.45. The Kier molecular flexibility index (Phi) is 6.33. The first kappa shape index (κ1) is 22.7. The summed E-state index contributed by atoms with van der Waals surface area (Å²) < 4.78 is 25.3. The third-order valence-corrected chi connectivity index (χ3v) is 7.52. The Balaban J connectivity index is 0.00000259. The van der Waals surface area contributed by atoms with Crippen LogP contribution < -0.4 is 0 Å². The fraction of sp³-hybridized carbons (Fsp3) is 0.231. The average molecular weight is 460 g/mol. The lowest BCUT2D eigenvalue weighted by Gasteiger charge is -2.06. The van der Waals surface area contributed by atoms with E-state index in [4.69, 9.17) is 0 Å². The average Bonchev–Trinajstić information content (AvgIpc) is 3.61. The number of hydrogen-bond acceptors (Lipinski definition) is 6. The molecule has 1 aliphatic rings. The van der Waals surface area contributed by atoms with Gasteiger partial charge in [-0.05, 0) is 53.1 Å². The molecule has 0 N–H and O–H groups in total. The van der Waals surface area contributed by atoms with Gasteiger partial charge in [0.25, 0.3) is 0 Å². The summed E-state index contributed by atoms with van der Waals surface area (Å²) in [6.07, 6.45) is 7.83. The summed E-state index contributed by atoms with van der Waals surface area (Å²) in [5, 5.41) is 2.14. The molecular formula is C26H25N3O3S. The lowest BCUT2D eigenvalue weighted by Crippen LogP contribution is -2.08. The highest BCUT2D eigenvalue weighted by Crippen LogP contribution is 2.48. The minimum atomic E-state index is -3.52. The normalized spacial score (nSPS) is 17.3. The van der Waals surface area contributed by atoms with E-state index in [-0.39, 0.29) is 41.5 Å². The first-order chi connectivity index (χ1) is 15.5. The predicted octanol–water partition coefficient (Wildman–Crippen LogP) is 4.55. The molecule has 0 amide bonds. The van der Waals surface area contributed by atoms with Crippen LogP contribution in [0.3, 0.4) is 0 Å². The fourth-order valence-corrected chi connectivity index (χ4v) is 5.28. The number of fused-ring (bicyclic) bond motifs is 1. The maximum absolute atomic E-state index is 12.8. The lowest BCUT2D eigenvalue weighted by atomic mass is 10.0. The number of benzene rings is 2. The van der Waals surface area contributed by atoms with Gasteiger partial charge in [-0.3, -0.25) is 9.78 Å². The number of sulfone groups is 1. The molecule has 4 aromatic rings. The molecule has 0 bridgehead atoms. The second-order valence-electron chi connectivity index (χ2n) is 8.14. The van der Waals surface area contributed by atoms with Gasteiger partial charge in [0.05, 0.1) is 4.90 Å². The molecule has 5 rings (SSSR count). The van der Waals surface area contributed by atoms with Crippen LogP contribution in [0.5, 0.6) is 0 Å². The summed E-state index contributed by atoms with van der Waals surface area (Å²) in [6.45, 7) is 0. The van der Waals surface area contributed by atoms with Crippen LogP contribution in [0, 0.1) is 5.92 Å². The molecule has 6 nitrogen and oxygen atoms in total. The summed E-state index contributed by atoms with van der Waals surface area (Å²) in [5.74, 6) is 0.403. The molecule has 2 atom stereocenters. The Bertz CT molecular complexity index is 1390. The number of carbonyl (C=O) groups is 1. The molecule has 7 heteroatoms. The highest BCUT2D eigenvalue weighted by atomic mass is 32.2. The molecule has 2 heterocycles. The van der Waals surface area contributed by atoms with Gasteiger partial charge in [-0.1, -0.05) is 37.8 Å². The van der Waals surface area contributed by atoms with Crippen molar-refractivity contribution in [3.8, 4) is 0 Å². The van der Waals surface area contributed by atoms with Crippen molar-refractivity contribution in [2.75, 3.05) is 0 Å². The molecule has 1 aliphatic carbocycles. The van der Waals surface area contributed by atoms with Crippen LogP contribution >= 0.6 is 0 Å². The summed E-state index contributed by atoms with van der Waals surface area (Å²) in [6, 6.07) is 16.5. The van der Waals surface area contributed by atoms with Gasteiger partial charge in [-0.2, -0.15) is 0 Å². The van der Waals surface area contributed by atoms with Gasteiger partial charge in [0.15, 0.2) is 9.84 Å². The van der Waals surface area contributed by atoms with Crippen LogP contribution in [0.1, 0.15) is 36.7 Å². The van der Waals surface area contributed by atoms with Crippen LogP contribution in [-0.4, -0.2) is 29.2 Å². The van der Waals surface area contributed by atoms with Crippen LogP contribution in [-0.2, 0) is 26.8 Å². The molecule has 2 aromatic carbocycles. The maximum Gasteiger partial charge on any atom is 0.185 e. The van der Waals surface area contributed by atoms with E-state index in [9.17, 15) is 13.2 Å². The topological polar surface area (TPSA) is 89.9 Å². The van der Waals surface area contributed by atoms with Gasteiger partial charge in [0, 0.05) is 42.5 Å². The molecule has 33 heavy (non-hydrogen) atoms. The highest BCUT2D eigenvalue weighted by molar-refractivity contribution is 7.90. The summed E-state index contributed by atoms with van der Waals surface area (Å²) >= 11 is 0. The molecule has 1 saturated carbocycles. The van der Waals surface area contributed by atoms with E-state index >= 15 is 0 Å². The Labute approximate surface area is 193 Å². The molecule has 0 saturated heterocycles. The third-order valence-electron chi connectivity index (χ3n) is 5.89. The third kappa shape index (κ3) is 4.98. The van der Waals surface area contributed by atoms with E-state index < -0.39 is 9.84 Å². The van der Waals surface area contributed by atoms with E-state index in [1.807, 2.05) is 42.6 Å². The summed E-state index contributed by atoms with van der Waals surface area (Å²) in [5.41, 5.74) is 2.01. The molecule has 168 valence electrons. The summed E-state index contributed by atoms with van der Waals surface area (Å²) in [4.78, 5) is 25.1. The zero-order valence-electron chi connectivity index (χ0n) is 17.3. The number of pyridine rings is 1.